The Hall–Kier alpha value is -1.16. The van der Waals surface area contributed by atoms with Crippen LogP contribution in [0.15, 0.2) is 16.6 Å². The molecular weight excluding hydrogens is 294 g/mol. The topological polar surface area (TPSA) is 46.2 Å². The molecular formula is C14H16BrNO2. The van der Waals surface area contributed by atoms with E-state index in [-0.39, 0.29) is 11.7 Å². The molecule has 0 unspecified atom stereocenters. The Morgan fingerprint density at radius 2 is 2.17 bits per heavy atom. The molecule has 1 N–H and O–H groups in total. The average molecular weight is 310 g/mol. The van der Waals surface area contributed by atoms with Crippen LogP contribution in [-0.4, -0.2) is 11.7 Å². The number of ketones is 1. The summed E-state index contributed by atoms with van der Waals surface area (Å²) in [5, 5.41) is 2.78. The summed E-state index contributed by atoms with van der Waals surface area (Å²) >= 11 is 3.41. The molecule has 18 heavy (non-hydrogen) atoms. The first-order valence-electron chi connectivity index (χ1n) is 6.27. The Balaban J connectivity index is 2.16. The van der Waals surface area contributed by atoms with Crippen molar-refractivity contribution in [1.82, 2.24) is 0 Å². The van der Waals surface area contributed by atoms with Gasteiger partial charge in [-0.25, -0.2) is 0 Å². The van der Waals surface area contributed by atoms with Crippen LogP contribution in [-0.2, 0) is 11.2 Å². The predicted molar refractivity (Wildman–Crippen MR) is 74.9 cm³/mol. The second kappa shape index (κ2) is 5.65. The number of carbonyl (C=O) groups is 2. The van der Waals surface area contributed by atoms with Gasteiger partial charge in [0.15, 0.2) is 5.78 Å². The molecule has 2 rings (SSSR count). The second-order valence-corrected chi connectivity index (χ2v) is 5.45. The number of fused-ring (bicyclic) bond motifs is 1. The van der Waals surface area contributed by atoms with E-state index in [1.54, 1.807) is 0 Å². The number of anilines is 1. The lowest BCUT2D eigenvalue weighted by Crippen LogP contribution is -2.03. The molecule has 4 heteroatoms. The van der Waals surface area contributed by atoms with Gasteiger partial charge < -0.3 is 5.32 Å². The van der Waals surface area contributed by atoms with E-state index in [1.165, 1.54) is 0 Å². The standard InChI is InChI=1S/C14H16BrNO2/c1-2-3-4-5-13(17)10-6-9-7-14(18)16-12(9)8-11(10)15/h6,8H,2-5,7H2,1H3,(H,16,18). The van der Waals surface area contributed by atoms with Crippen molar-refractivity contribution in [1.29, 1.82) is 0 Å². The molecule has 0 spiro atoms. The van der Waals surface area contributed by atoms with E-state index < -0.39 is 0 Å². The van der Waals surface area contributed by atoms with E-state index >= 15 is 0 Å². The third kappa shape index (κ3) is 2.80. The number of Topliss-reactive ketones (excluding diaryl/α,β-unsaturated/α-hetero) is 1. The Morgan fingerprint density at radius 1 is 1.39 bits per heavy atom. The van der Waals surface area contributed by atoms with Gasteiger partial charge in [0.25, 0.3) is 0 Å². The van der Waals surface area contributed by atoms with E-state index in [1.807, 2.05) is 12.1 Å². The van der Waals surface area contributed by atoms with Gasteiger partial charge in [-0.1, -0.05) is 19.8 Å². The third-order valence-corrected chi connectivity index (χ3v) is 3.78. The van der Waals surface area contributed by atoms with Gasteiger partial charge >= 0.3 is 0 Å². The smallest absolute Gasteiger partial charge is 0.228 e. The number of nitrogens with one attached hydrogen (secondary N) is 1. The highest BCUT2D eigenvalue weighted by Crippen LogP contribution is 2.30. The molecule has 1 aliphatic rings. The van der Waals surface area contributed by atoms with Crippen LogP contribution < -0.4 is 5.32 Å². The molecule has 1 heterocycles. The summed E-state index contributed by atoms with van der Waals surface area (Å²) in [6.45, 7) is 2.12. The Bertz CT molecular complexity index is 497. The highest BCUT2D eigenvalue weighted by atomic mass is 79.9. The molecule has 0 atom stereocenters. The van der Waals surface area contributed by atoms with Crippen LogP contribution >= 0.6 is 15.9 Å². The zero-order valence-corrected chi connectivity index (χ0v) is 12.0. The highest BCUT2D eigenvalue weighted by Gasteiger charge is 2.21. The lowest BCUT2D eigenvalue weighted by Gasteiger charge is -2.07. The van der Waals surface area contributed by atoms with Crippen molar-refractivity contribution in [2.75, 3.05) is 5.32 Å². The maximum atomic E-state index is 12.1. The number of benzene rings is 1. The van der Waals surface area contributed by atoms with Crippen LogP contribution in [0.1, 0.15) is 48.5 Å². The minimum absolute atomic E-state index is 0.00696. The summed E-state index contributed by atoms with van der Waals surface area (Å²) in [4.78, 5) is 23.4. The van der Waals surface area contributed by atoms with Crippen LogP contribution in [0, 0.1) is 0 Å². The molecule has 1 aromatic carbocycles. The van der Waals surface area contributed by atoms with Gasteiger partial charge in [0, 0.05) is 22.1 Å². The normalized spacial score (nSPS) is 13.3. The lowest BCUT2D eigenvalue weighted by atomic mass is 10.0. The molecule has 1 aliphatic heterocycles. The molecule has 0 saturated heterocycles. The minimum atomic E-state index is -0.00696. The molecule has 0 fully saturated rings. The molecule has 1 aromatic rings. The number of halogens is 1. The van der Waals surface area contributed by atoms with E-state index in [0.29, 0.717) is 18.4 Å². The van der Waals surface area contributed by atoms with Crippen LogP contribution in [0.4, 0.5) is 5.69 Å². The van der Waals surface area contributed by atoms with Crippen molar-refractivity contribution < 1.29 is 9.59 Å². The van der Waals surface area contributed by atoms with E-state index in [9.17, 15) is 9.59 Å². The zero-order chi connectivity index (χ0) is 13.1. The van der Waals surface area contributed by atoms with Gasteiger partial charge in [0.1, 0.15) is 0 Å². The van der Waals surface area contributed by atoms with E-state index in [4.69, 9.17) is 0 Å². The fourth-order valence-electron chi connectivity index (χ4n) is 2.13. The van der Waals surface area contributed by atoms with E-state index in [0.717, 1.165) is 35.0 Å². The highest BCUT2D eigenvalue weighted by molar-refractivity contribution is 9.10. The number of hydrogen-bond acceptors (Lipinski definition) is 2. The number of hydrogen-bond donors (Lipinski definition) is 1. The quantitative estimate of drug-likeness (QED) is 0.666. The predicted octanol–water partition coefficient (Wildman–Crippen LogP) is 3.71. The lowest BCUT2D eigenvalue weighted by molar-refractivity contribution is -0.115. The van der Waals surface area contributed by atoms with Gasteiger partial charge in [-0.3, -0.25) is 9.59 Å². The maximum Gasteiger partial charge on any atom is 0.228 e. The van der Waals surface area contributed by atoms with Crippen molar-refractivity contribution in [2.24, 2.45) is 0 Å². The first-order valence-corrected chi connectivity index (χ1v) is 7.06. The number of amides is 1. The zero-order valence-electron chi connectivity index (χ0n) is 10.4. The molecule has 96 valence electrons. The van der Waals surface area contributed by atoms with Gasteiger partial charge in [-0.15, -0.1) is 0 Å². The van der Waals surface area contributed by atoms with Crippen molar-refractivity contribution in [3.05, 3.63) is 27.7 Å². The second-order valence-electron chi connectivity index (χ2n) is 4.59. The largest absolute Gasteiger partial charge is 0.325 e. The monoisotopic (exact) mass is 309 g/mol. The van der Waals surface area contributed by atoms with E-state index in [2.05, 4.69) is 28.2 Å². The van der Waals surface area contributed by atoms with Crippen LogP contribution in [0.2, 0.25) is 0 Å². The molecule has 3 nitrogen and oxygen atoms in total. The van der Waals surface area contributed by atoms with Crippen LogP contribution in [0.5, 0.6) is 0 Å². The average Bonchev–Trinajstić information content (AvgIpc) is 2.67. The molecule has 0 aromatic heterocycles. The van der Waals surface area contributed by atoms with Gasteiger partial charge in [-0.2, -0.15) is 0 Å². The van der Waals surface area contributed by atoms with Crippen molar-refractivity contribution >= 4 is 33.3 Å². The van der Waals surface area contributed by atoms with Crippen molar-refractivity contribution in [3.63, 3.8) is 0 Å². The number of rotatable bonds is 5. The minimum Gasteiger partial charge on any atom is -0.325 e. The van der Waals surface area contributed by atoms with Gasteiger partial charge in [0.2, 0.25) is 5.91 Å². The van der Waals surface area contributed by atoms with Crippen LogP contribution in [0.3, 0.4) is 0 Å². The molecule has 0 saturated carbocycles. The Kier molecular flexibility index (Phi) is 4.17. The summed E-state index contributed by atoms with van der Waals surface area (Å²) in [5.74, 6) is 0.143. The first-order chi connectivity index (χ1) is 8.61. The molecule has 0 radical (unpaired) electrons. The first kappa shape index (κ1) is 13.3. The van der Waals surface area contributed by atoms with Gasteiger partial charge in [-0.05, 0) is 40.0 Å². The summed E-state index contributed by atoms with van der Waals surface area (Å²) in [5.41, 5.74) is 2.43. The SMILES string of the molecule is CCCCCC(=O)c1cc2c(cc1Br)NC(=O)C2. The molecule has 0 bridgehead atoms. The van der Waals surface area contributed by atoms with Crippen molar-refractivity contribution in [3.8, 4) is 0 Å². The Morgan fingerprint density at radius 3 is 2.89 bits per heavy atom. The summed E-state index contributed by atoms with van der Waals surface area (Å²) < 4.78 is 0.768. The number of unbranched alkanes of at least 4 members (excludes halogenated alkanes) is 2. The van der Waals surface area contributed by atoms with Crippen LogP contribution in [0.25, 0.3) is 0 Å². The van der Waals surface area contributed by atoms with Crippen molar-refractivity contribution in [2.45, 2.75) is 39.0 Å². The maximum absolute atomic E-state index is 12.1. The fraction of sp³-hybridized carbons (Fsp3) is 0.429. The molecule has 1 amide bonds. The Labute approximate surface area is 115 Å². The van der Waals surface area contributed by atoms with Gasteiger partial charge in [0.05, 0.1) is 6.42 Å². The fourth-order valence-corrected chi connectivity index (χ4v) is 2.70. The summed E-state index contributed by atoms with van der Waals surface area (Å²) in [7, 11) is 0. The number of carbonyl (C=O) groups excluding carboxylic acids is 2. The third-order valence-electron chi connectivity index (χ3n) is 3.13. The summed E-state index contributed by atoms with van der Waals surface area (Å²) in [6.07, 6.45) is 4.06. The summed E-state index contributed by atoms with van der Waals surface area (Å²) in [6, 6.07) is 3.67. The molecule has 0 aliphatic carbocycles.